The van der Waals surface area contributed by atoms with Crippen molar-refractivity contribution in [2.75, 3.05) is 0 Å². The molecule has 1 rings (SSSR count). The molecule has 0 aliphatic rings. The zero-order valence-corrected chi connectivity index (χ0v) is 9.41. The first kappa shape index (κ1) is 11.2. The molecule has 1 aromatic rings. The molecular weight excluding hydrogens is 246 g/mol. The molecule has 1 aromatic carbocycles. The van der Waals surface area contributed by atoms with E-state index < -0.39 is 12.0 Å². The molecule has 76 valence electrons. The van der Waals surface area contributed by atoms with E-state index in [0.29, 0.717) is 6.42 Å². The van der Waals surface area contributed by atoms with Crippen molar-refractivity contribution in [1.29, 1.82) is 0 Å². The number of nitrogens with two attached hydrogens (primary N) is 1. The molecule has 0 radical (unpaired) electrons. The minimum absolute atomic E-state index is 0.343. The summed E-state index contributed by atoms with van der Waals surface area (Å²) < 4.78 is 0.911. The zero-order chi connectivity index (χ0) is 10.7. The first-order valence-corrected chi connectivity index (χ1v) is 5.03. The lowest BCUT2D eigenvalue weighted by molar-refractivity contribution is -0.138. The number of aryl methyl sites for hydroxylation is 1. The fraction of sp³-hybridized carbons (Fsp3) is 0.300. The second-order valence-electron chi connectivity index (χ2n) is 3.24. The van der Waals surface area contributed by atoms with E-state index in [1.165, 1.54) is 0 Å². The number of rotatable bonds is 3. The van der Waals surface area contributed by atoms with Crippen molar-refractivity contribution in [2.45, 2.75) is 19.4 Å². The van der Waals surface area contributed by atoms with Gasteiger partial charge in [0.25, 0.3) is 0 Å². The van der Waals surface area contributed by atoms with Crippen molar-refractivity contribution >= 4 is 21.9 Å². The molecule has 0 aromatic heterocycles. The van der Waals surface area contributed by atoms with Gasteiger partial charge in [0.1, 0.15) is 6.04 Å². The number of aliphatic carboxylic acids is 1. The lowest BCUT2D eigenvalue weighted by atomic mass is 10.1. The van der Waals surface area contributed by atoms with Gasteiger partial charge in [0.15, 0.2) is 0 Å². The average molecular weight is 258 g/mol. The van der Waals surface area contributed by atoms with Crippen molar-refractivity contribution in [3.05, 3.63) is 33.8 Å². The molecule has 0 amide bonds. The monoisotopic (exact) mass is 257 g/mol. The van der Waals surface area contributed by atoms with Gasteiger partial charge < -0.3 is 10.8 Å². The van der Waals surface area contributed by atoms with Crippen LogP contribution in [0.5, 0.6) is 0 Å². The molecule has 0 spiro atoms. The Bertz CT molecular complexity index is 352. The van der Waals surface area contributed by atoms with Crippen LogP contribution < -0.4 is 5.73 Å². The highest BCUT2D eigenvalue weighted by Gasteiger charge is 2.13. The third-order valence-electron chi connectivity index (χ3n) is 1.97. The number of carbonyl (C=O) groups is 1. The molecule has 3 nitrogen and oxygen atoms in total. The van der Waals surface area contributed by atoms with Gasteiger partial charge in [-0.3, -0.25) is 4.79 Å². The third kappa shape index (κ3) is 2.82. The standard InChI is InChI=1S/C10H12BrNO2/c1-6-2-3-7(8(11)4-6)5-9(12)10(13)14/h2-4,9H,5,12H2,1H3,(H,13,14). The Morgan fingerprint density at radius 1 is 1.64 bits per heavy atom. The van der Waals surface area contributed by atoms with Crippen LogP contribution in [-0.4, -0.2) is 17.1 Å². The van der Waals surface area contributed by atoms with Gasteiger partial charge in [-0.25, -0.2) is 0 Å². The molecule has 0 bridgehead atoms. The van der Waals surface area contributed by atoms with Crippen LogP contribution in [0.25, 0.3) is 0 Å². The molecular formula is C10H12BrNO2. The summed E-state index contributed by atoms with van der Waals surface area (Å²) >= 11 is 3.38. The summed E-state index contributed by atoms with van der Waals surface area (Å²) in [7, 11) is 0. The van der Waals surface area contributed by atoms with Crippen molar-refractivity contribution in [3.63, 3.8) is 0 Å². The highest BCUT2D eigenvalue weighted by atomic mass is 79.9. The topological polar surface area (TPSA) is 63.3 Å². The fourth-order valence-corrected chi connectivity index (χ4v) is 1.80. The molecule has 14 heavy (non-hydrogen) atoms. The van der Waals surface area contributed by atoms with Gasteiger partial charge in [-0.1, -0.05) is 28.1 Å². The number of carboxylic acids is 1. The number of benzene rings is 1. The summed E-state index contributed by atoms with van der Waals surface area (Å²) in [4.78, 5) is 10.5. The molecule has 3 N–H and O–H groups in total. The normalized spacial score (nSPS) is 12.5. The third-order valence-corrected chi connectivity index (χ3v) is 2.70. The van der Waals surface area contributed by atoms with Gasteiger partial charge in [0, 0.05) is 4.47 Å². The Balaban J connectivity index is 2.82. The first-order chi connectivity index (χ1) is 6.50. The Labute approximate surface area is 91.1 Å². The van der Waals surface area contributed by atoms with Crippen LogP contribution in [0.3, 0.4) is 0 Å². The Morgan fingerprint density at radius 2 is 2.29 bits per heavy atom. The summed E-state index contributed by atoms with van der Waals surface area (Å²) in [5.41, 5.74) is 7.49. The molecule has 1 atom stereocenters. The lowest BCUT2D eigenvalue weighted by Crippen LogP contribution is -2.32. The molecule has 0 aliphatic heterocycles. The number of hydrogen-bond donors (Lipinski definition) is 2. The molecule has 0 saturated carbocycles. The Hall–Kier alpha value is -0.870. The average Bonchev–Trinajstić information content (AvgIpc) is 2.09. The van der Waals surface area contributed by atoms with E-state index in [2.05, 4.69) is 15.9 Å². The van der Waals surface area contributed by atoms with Crippen LogP contribution in [0.4, 0.5) is 0 Å². The van der Waals surface area contributed by atoms with Crippen molar-refractivity contribution in [2.24, 2.45) is 5.73 Å². The molecule has 0 saturated heterocycles. The highest BCUT2D eigenvalue weighted by Crippen LogP contribution is 2.19. The quantitative estimate of drug-likeness (QED) is 0.867. The second-order valence-corrected chi connectivity index (χ2v) is 4.10. The van der Waals surface area contributed by atoms with Crippen molar-refractivity contribution in [3.8, 4) is 0 Å². The van der Waals surface area contributed by atoms with Gasteiger partial charge in [0.2, 0.25) is 0 Å². The van der Waals surface area contributed by atoms with Gasteiger partial charge in [-0.15, -0.1) is 0 Å². The van der Waals surface area contributed by atoms with Crippen LogP contribution in [-0.2, 0) is 11.2 Å². The predicted octanol–water partition coefficient (Wildman–Crippen LogP) is 1.71. The largest absolute Gasteiger partial charge is 0.480 e. The highest BCUT2D eigenvalue weighted by molar-refractivity contribution is 9.10. The van der Waals surface area contributed by atoms with Crippen LogP contribution in [0.1, 0.15) is 11.1 Å². The number of hydrogen-bond acceptors (Lipinski definition) is 2. The zero-order valence-electron chi connectivity index (χ0n) is 7.83. The summed E-state index contributed by atoms with van der Waals surface area (Å²) in [5, 5.41) is 8.65. The van der Waals surface area contributed by atoms with Gasteiger partial charge in [-0.2, -0.15) is 0 Å². The van der Waals surface area contributed by atoms with E-state index in [-0.39, 0.29) is 0 Å². The molecule has 0 aliphatic carbocycles. The van der Waals surface area contributed by atoms with Crippen molar-refractivity contribution in [1.82, 2.24) is 0 Å². The van der Waals surface area contributed by atoms with E-state index >= 15 is 0 Å². The Kier molecular flexibility index (Phi) is 3.66. The maximum absolute atomic E-state index is 10.5. The fourth-order valence-electron chi connectivity index (χ4n) is 1.14. The smallest absolute Gasteiger partial charge is 0.320 e. The maximum atomic E-state index is 10.5. The molecule has 0 fully saturated rings. The maximum Gasteiger partial charge on any atom is 0.320 e. The summed E-state index contributed by atoms with van der Waals surface area (Å²) in [6.45, 7) is 1.98. The lowest BCUT2D eigenvalue weighted by Gasteiger charge is -2.08. The molecule has 0 heterocycles. The van der Waals surface area contributed by atoms with Gasteiger partial charge >= 0.3 is 5.97 Å². The molecule has 4 heteroatoms. The number of halogens is 1. The minimum Gasteiger partial charge on any atom is -0.480 e. The van der Waals surface area contributed by atoms with E-state index in [9.17, 15) is 4.79 Å². The summed E-state index contributed by atoms with van der Waals surface area (Å²) in [6, 6.07) is 4.94. The van der Waals surface area contributed by atoms with E-state index in [0.717, 1.165) is 15.6 Å². The Morgan fingerprint density at radius 3 is 2.79 bits per heavy atom. The van der Waals surface area contributed by atoms with Crippen LogP contribution in [0, 0.1) is 6.92 Å². The van der Waals surface area contributed by atoms with E-state index in [1.54, 1.807) is 0 Å². The second kappa shape index (κ2) is 4.57. The van der Waals surface area contributed by atoms with Gasteiger partial charge in [-0.05, 0) is 30.5 Å². The summed E-state index contributed by atoms with van der Waals surface area (Å²) in [5.74, 6) is -0.975. The summed E-state index contributed by atoms with van der Waals surface area (Å²) in [6.07, 6.45) is 0.343. The van der Waals surface area contributed by atoms with Crippen LogP contribution >= 0.6 is 15.9 Å². The van der Waals surface area contributed by atoms with Crippen LogP contribution in [0.2, 0.25) is 0 Å². The van der Waals surface area contributed by atoms with E-state index in [4.69, 9.17) is 10.8 Å². The number of carboxylic acid groups (broad SMARTS) is 1. The van der Waals surface area contributed by atoms with Crippen LogP contribution in [0.15, 0.2) is 22.7 Å². The van der Waals surface area contributed by atoms with Gasteiger partial charge in [0.05, 0.1) is 0 Å². The van der Waals surface area contributed by atoms with Crippen molar-refractivity contribution < 1.29 is 9.90 Å². The predicted molar refractivity (Wildman–Crippen MR) is 58.2 cm³/mol. The first-order valence-electron chi connectivity index (χ1n) is 4.24. The SMILES string of the molecule is Cc1ccc(CC(N)C(=O)O)c(Br)c1. The van der Waals surface area contributed by atoms with E-state index in [1.807, 2.05) is 25.1 Å². The molecule has 1 unspecified atom stereocenters. The minimum atomic E-state index is -0.975.